The number of benzene rings is 2. The first kappa shape index (κ1) is 26.5. The van der Waals surface area contributed by atoms with Gasteiger partial charge in [0.2, 0.25) is 0 Å². The van der Waals surface area contributed by atoms with E-state index in [1.807, 2.05) is 41.5 Å². The molecule has 6 nitrogen and oxygen atoms in total. The fraction of sp³-hybridized carbons (Fsp3) is 0.286. The molecular weight excluding hydrogens is 428 g/mol. The third-order valence-corrected chi connectivity index (χ3v) is 5.60. The zero-order valence-corrected chi connectivity index (χ0v) is 20.6. The summed E-state index contributed by atoms with van der Waals surface area (Å²) in [4.78, 5) is 32.8. The highest BCUT2D eigenvalue weighted by molar-refractivity contribution is 6.41. The van der Waals surface area contributed by atoms with Gasteiger partial charge in [-0.2, -0.15) is 0 Å². The minimum atomic E-state index is -1.04. The maximum Gasteiger partial charge on any atom is 0.335 e. The van der Waals surface area contributed by atoms with Crippen LogP contribution < -0.4 is 0 Å². The van der Waals surface area contributed by atoms with Crippen LogP contribution in [0.15, 0.2) is 47.4 Å². The van der Waals surface area contributed by atoms with Crippen LogP contribution in [-0.4, -0.2) is 33.6 Å². The number of aromatic carboxylic acids is 2. The number of hydrogen-bond acceptors (Lipinski definition) is 4. The maximum atomic E-state index is 11.7. The zero-order valence-electron chi connectivity index (χ0n) is 20.6. The summed E-state index contributed by atoms with van der Waals surface area (Å²) in [5, 5.41) is 19.0. The van der Waals surface area contributed by atoms with E-state index >= 15 is 0 Å². The molecule has 0 saturated heterocycles. The Bertz CT molecular complexity index is 1160. The summed E-state index contributed by atoms with van der Waals surface area (Å²) in [7, 11) is 0. The van der Waals surface area contributed by atoms with E-state index in [0.717, 1.165) is 16.8 Å². The second-order valence-electron chi connectivity index (χ2n) is 8.73. The quantitative estimate of drug-likeness (QED) is 0.378. The van der Waals surface area contributed by atoms with Crippen LogP contribution in [-0.2, 0) is 0 Å². The van der Waals surface area contributed by atoms with E-state index in [-0.39, 0.29) is 23.0 Å². The molecule has 0 saturated carbocycles. The fourth-order valence-electron chi connectivity index (χ4n) is 3.55. The molecule has 0 aliphatic carbocycles. The van der Waals surface area contributed by atoms with Gasteiger partial charge < -0.3 is 10.2 Å². The standard InChI is InChI=1S/C28H32N2O4/c1-9-19-11-21(27(31)32)12-20(10-2)25(19)29-17(7)18(8)30-26-23(15(3)4)13-22(28(33)34)14-24(26)16(5)6/h9-16H,1-2H2,3-8H3,(H,31,32)(H,33,34)/b29-17+,30-18+. The van der Waals surface area contributed by atoms with Crippen molar-refractivity contribution in [3.8, 4) is 0 Å². The highest BCUT2D eigenvalue weighted by atomic mass is 16.4. The molecule has 0 heterocycles. The molecule has 6 heteroatoms. The van der Waals surface area contributed by atoms with Crippen LogP contribution in [0, 0.1) is 0 Å². The van der Waals surface area contributed by atoms with Gasteiger partial charge in [0, 0.05) is 11.1 Å². The number of nitrogens with zero attached hydrogens (tertiary/aromatic N) is 2. The van der Waals surface area contributed by atoms with Gasteiger partial charge in [-0.15, -0.1) is 0 Å². The number of carboxylic acid groups (broad SMARTS) is 2. The Morgan fingerprint density at radius 2 is 1.09 bits per heavy atom. The van der Waals surface area contributed by atoms with Gasteiger partial charge >= 0.3 is 11.9 Å². The molecule has 0 atom stereocenters. The first-order valence-corrected chi connectivity index (χ1v) is 11.1. The summed E-state index contributed by atoms with van der Waals surface area (Å²) in [6, 6.07) is 6.43. The Morgan fingerprint density at radius 1 is 0.735 bits per heavy atom. The average molecular weight is 461 g/mol. The van der Waals surface area contributed by atoms with Crippen LogP contribution >= 0.6 is 0 Å². The van der Waals surface area contributed by atoms with E-state index in [0.29, 0.717) is 28.2 Å². The van der Waals surface area contributed by atoms with Gasteiger partial charge in [0.15, 0.2) is 0 Å². The lowest BCUT2D eigenvalue weighted by Gasteiger charge is -2.18. The minimum Gasteiger partial charge on any atom is -0.478 e. The molecule has 0 spiro atoms. The highest BCUT2D eigenvalue weighted by Crippen LogP contribution is 2.37. The van der Waals surface area contributed by atoms with Gasteiger partial charge in [0.1, 0.15) is 0 Å². The highest BCUT2D eigenvalue weighted by Gasteiger charge is 2.19. The zero-order chi connectivity index (χ0) is 25.7. The average Bonchev–Trinajstić information content (AvgIpc) is 2.78. The first-order chi connectivity index (χ1) is 15.9. The third-order valence-electron chi connectivity index (χ3n) is 5.60. The Kier molecular flexibility index (Phi) is 8.46. The molecule has 0 aliphatic heterocycles. The summed E-state index contributed by atoms with van der Waals surface area (Å²) in [6.07, 6.45) is 3.13. The van der Waals surface area contributed by atoms with Crippen LogP contribution in [0.3, 0.4) is 0 Å². The molecule has 0 amide bonds. The summed E-state index contributed by atoms with van der Waals surface area (Å²) in [5.74, 6) is -1.86. The molecule has 178 valence electrons. The van der Waals surface area contributed by atoms with Crippen LogP contribution in [0.25, 0.3) is 12.2 Å². The van der Waals surface area contributed by atoms with Gasteiger partial charge in [-0.1, -0.05) is 53.0 Å². The second kappa shape index (κ2) is 10.9. The summed E-state index contributed by atoms with van der Waals surface area (Å²) in [5.41, 5.74) is 5.90. The van der Waals surface area contributed by atoms with E-state index in [1.165, 1.54) is 12.1 Å². The molecule has 2 aromatic carbocycles. The van der Waals surface area contributed by atoms with Crippen molar-refractivity contribution in [2.75, 3.05) is 0 Å². The summed E-state index contributed by atoms with van der Waals surface area (Å²) in [6.45, 7) is 19.3. The Morgan fingerprint density at radius 3 is 1.41 bits per heavy atom. The van der Waals surface area contributed by atoms with Crippen molar-refractivity contribution in [1.29, 1.82) is 0 Å². The molecule has 2 rings (SSSR count). The van der Waals surface area contributed by atoms with Crippen LogP contribution in [0.5, 0.6) is 0 Å². The summed E-state index contributed by atoms with van der Waals surface area (Å²) >= 11 is 0. The van der Waals surface area contributed by atoms with Crippen molar-refractivity contribution >= 4 is 46.9 Å². The molecule has 2 N–H and O–H groups in total. The predicted octanol–water partition coefficient (Wildman–Crippen LogP) is 7.50. The second-order valence-corrected chi connectivity index (χ2v) is 8.73. The van der Waals surface area contributed by atoms with Crippen molar-refractivity contribution in [3.05, 3.63) is 70.8 Å². The lowest BCUT2D eigenvalue weighted by molar-refractivity contribution is 0.0686. The van der Waals surface area contributed by atoms with Crippen LogP contribution in [0.2, 0.25) is 0 Å². The molecule has 0 aromatic heterocycles. The van der Waals surface area contributed by atoms with E-state index < -0.39 is 11.9 Å². The third kappa shape index (κ3) is 5.76. The largest absolute Gasteiger partial charge is 0.478 e. The molecule has 0 unspecified atom stereocenters. The lowest BCUT2D eigenvalue weighted by Crippen LogP contribution is -2.08. The smallest absolute Gasteiger partial charge is 0.335 e. The van der Waals surface area contributed by atoms with E-state index in [4.69, 9.17) is 9.98 Å². The van der Waals surface area contributed by atoms with Crippen molar-refractivity contribution < 1.29 is 19.8 Å². The topological polar surface area (TPSA) is 99.3 Å². The molecule has 0 bridgehead atoms. The monoisotopic (exact) mass is 460 g/mol. The van der Waals surface area contributed by atoms with Gasteiger partial charge in [-0.05, 0) is 61.1 Å². The molecule has 0 fully saturated rings. The number of hydrogen-bond donors (Lipinski definition) is 2. The van der Waals surface area contributed by atoms with Crippen molar-refractivity contribution in [2.24, 2.45) is 9.98 Å². The lowest BCUT2D eigenvalue weighted by atomic mass is 9.90. The Hall–Kier alpha value is -3.80. The molecule has 34 heavy (non-hydrogen) atoms. The number of rotatable bonds is 9. The molecule has 0 radical (unpaired) electrons. The molecule has 0 aliphatic rings. The van der Waals surface area contributed by atoms with Crippen LogP contribution in [0.1, 0.15) is 96.3 Å². The van der Waals surface area contributed by atoms with Gasteiger partial charge in [-0.3, -0.25) is 9.98 Å². The minimum absolute atomic E-state index is 0.0731. The predicted molar refractivity (Wildman–Crippen MR) is 141 cm³/mol. The van der Waals surface area contributed by atoms with E-state index in [2.05, 4.69) is 13.2 Å². The number of carbonyl (C=O) groups is 2. The molecule has 2 aromatic rings. The number of aliphatic imine (C=N–C) groups is 2. The van der Waals surface area contributed by atoms with Gasteiger partial charge in [0.25, 0.3) is 0 Å². The maximum absolute atomic E-state index is 11.7. The normalized spacial score (nSPS) is 12.2. The van der Waals surface area contributed by atoms with Crippen LogP contribution in [0.4, 0.5) is 11.4 Å². The Labute approximate surface area is 201 Å². The fourth-order valence-corrected chi connectivity index (χ4v) is 3.55. The van der Waals surface area contributed by atoms with Gasteiger partial charge in [0.05, 0.1) is 33.9 Å². The van der Waals surface area contributed by atoms with Crippen molar-refractivity contribution in [3.63, 3.8) is 0 Å². The first-order valence-electron chi connectivity index (χ1n) is 11.1. The van der Waals surface area contributed by atoms with Crippen molar-refractivity contribution in [1.82, 2.24) is 0 Å². The molecular formula is C28H32N2O4. The van der Waals surface area contributed by atoms with E-state index in [1.54, 1.807) is 24.3 Å². The number of carboxylic acids is 2. The SMILES string of the molecule is C=Cc1cc(C(=O)O)cc(C=C)c1/N=C(C)/C(C)=N/c1c(C(C)C)cc(C(=O)O)cc1C(C)C. The van der Waals surface area contributed by atoms with E-state index in [9.17, 15) is 19.8 Å². The van der Waals surface area contributed by atoms with Crippen molar-refractivity contribution in [2.45, 2.75) is 53.4 Å². The van der Waals surface area contributed by atoms with Gasteiger partial charge in [-0.25, -0.2) is 9.59 Å². The summed E-state index contributed by atoms with van der Waals surface area (Å²) < 4.78 is 0. The Balaban J connectivity index is 2.73.